The molecule has 0 fully saturated rings. The quantitative estimate of drug-likeness (QED) is 0.682. The summed E-state index contributed by atoms with van der Waals surface area (Å²) < 4.78 is 0. The van der Waals surface area contributed by atoms with Gasteiger partial charge in [-0.15, -0.1) is 0 Å². The molecule has 2 heteroatoms. The molecule has 72 valence electrons. The predicted octanol–water partition coefficient (Wildman–Crippen LogP) is 1.70. The molecule has 0 saturated heterocycles. The summed E-state index contributed by atoms with van der Waals surface area (Å²) in [6.45, 7) is 8.93. The van der Waals surface area contributed by atoms with E-state index in [4.69, 9.17) is 0 Å². The van der Waals surface area contributed by atoms with E-state index in [9.17, 15) is 4.79 Å². The van der Waals surface area contributed by atoms with Gasteiger partial charge in [0.15, 0.2) is 0 Å². The van der Waals surface area contributed by atoms with E-state index in [0.717, 1.165) is 6.54 Å². The van der Waals surface area contributed by atoms with Gasteiger partial charge in [0.05, 0.1) is 0 Å². The Bertz CT molecular complexity index is 141. The van der Waals surface area contributed by atoms with Crippen LogP contribution in [0.1, 0.15) is 27.7 Å². The molecule has 0 aromatic carbocycles. The minimum Gasteiger partial charge on any atom is -0.319 e. The van der Waals surface area contributed by atoms with Gasteiger partial charge in [-0.05, 0) is 13.0 Å². The van der Waals surface area contributed by atoms with Gasteiger partial charge in [0.1, 0.15) is 5.78 Å². The van der Waals surface area contributed by atoms with E-state index in [1.165, 1.54) is 0 Å². The number of rotatable bonds is 5. The van der Waals surface area contributed by atoms with Crippen molar-refractivity contribution in [2.75, 3.05) is 13.6 Å². The van der Waals surface area contributed by atoms with Crippen LogP contribution in [0.25, 0.3) is 0 Å². The molecule has 0 aliphatic heterocycles. The Balaban J connectivity index is 4.19. The first-order chi connectivity index (χ1) is 5.50. The van der Waals surface area contributed by atoms with Crippen molar-refractivity contribution in [1.29, 1.82) is 0 Å². The molecule has 0 heterocycles. The lowest BCUT2D eigenvalue weighted by Gasteiger charge is -2.20. The monoisotopic (exact) mass is 171 g/mol. The first kappa shape index (κ1) is 11.6. The van der Waals surface area contributed by atoms with E-state index < -0.39 is 0 Å². The molecule has 0 aromatic rings. The second-order valence-electron chi connectivity index (χ2n) is 3.97. The van der Waals surface area contributed by atoms with Gasteiger partial charge in [0, 0.05) is 18.4 Å². The maximum atomic E-state index is 11.6. The highest BCUT2D eigenvalue weighted by Gasteiger charge is 2.23. The van der Waals surface area contributed by atoms with Crippen LogP contribution in [0.4, 0.5) is 0 Å². The molecule has 1 N–H and O–H groups in total. The lowest BCUT2D eigenvalue weighted by atomic mass is 9.86. The molecule has 0 aliphatic carbocycles. The average molecular weight is 171 g/mol. The largest absolute Gasteiger partial charge is 0.319 e. The van der Waals surface area contributed by atoms with Gasteiger partial charge in [-0.1, -0.05) is 27.7 Å². The Kier molecular flexibility index (Phi) is 5.14. The predicted molar refractivity (Wildman–Crippen MR) is 52.1 cm³/mol. The third-order valence-electron chi connectivity index (χ3n) is 2.16. The molecule has 1 atom stereocenters. The summed E-state index contributed by atoms with van der Waals surface area (Å²) in [5.74, 6) is 1.15. The number of hydrogen-bond donors (Lipinski definition) is 1. The van der Waals surface area contributed by atoms with E-state index in [-0.39, 0.29) is 11.8 Å². The fourth-order valence-corrected chi connectivity index (χ4v) is 1.31. The molecule has 0 aliphatic rings. The second-order valence-corrected chi connectivity index (χ2v) is 3.97. The summed E-state index contributed by atoms with van der Waals surface area (Å²) in [6, 6.07) is 0. The zero-order chi connectivity index (χ0) is 9.72. The zero-order valence-corrected chi connectivity index (χ0v) is 8.85. The third kappa shape index (κ3) is 3.35. The van der Waals surface area contributed by atoms with E-state index in [2.05, 4.69) is 19.2 Å². The number of carbonyl (C=O) groups is 1. The van der Waals surface area contributed by atoms with Crippen molar-refractivity contribution in [2.24, 2.45) is 17.8 Å². The topological polar surface area (TPSA) is 29.1 Å². The molecule has 0 saturated carbocycles. The summed E-state index contributed by atoms with van der Waals surface area (Å²) in [6.07, 6.45) is 0. The molecule has 0 aromatic heterocycles. The van der Waals surface area contributed by atoms with Crippen molar-refractivity contribution >= 4 is 5.78 Å². The Labute approximate surface area is 75.7 Å². The van der Waals surface area contributed by atoms with Crippen LogP contribution in [-0.4, -0.2) is 19.4 Å². The highest BCUT2D eigenvalue weighted by molar-refractivity contribution is 5.83. The minimum absolute atomic E-state index is 0.158. The van der Waals surface area contributed by atoms with Gasteiger partial charge in [0.25, 0.3) is 0 Å². The summed E-state index contributed by atoms with van der Waals surface area (Å²) in [4.78, 5) is 11.6. The molecule has 0 spiro atoms. The van der Waals surface area contributed by atoms with E-state index in [1.807, 2.05) is 20.9 Å². The summed E-state index contributed by atoms with van der Waals surface area (Å²) in [5.41, 5.74) is 0. The zero-order valence-electron chi connectivity index (χ0n) is 8.85. The summed E-state index contributed by atoms with van der Waals surface area (Å²) in [5, 5.41) is 3.06. The highest BCUT2D eigenvalue weighted by atomic mass is 16.1. The van der Waals surface area contributed by atoms with Crippen molar-refractivity contribution in [3.63, 3.8) is 0 Å². The van der Waals surface area contributed by atoms with Crippen molar-refractivity contribution < 1.29 is 4.79 Å². The lowest BCUT2D eigenvalue weighted by Crippen LogP contribution is -2.32. The number of Topliss-reactive ketones (excluding diaryl/α,β-unsaturated/α-hetero) is 1. The Morgan fingerprint density at radius 2 is 1.75 bits per heavy atom. The van der Waals surface area contributed by atoms with E-state index in [1.54, 1.807) is 0 Å². The number of nitrogens with one attached hydrogen (secondary N) is 1. The Morgan fingerprint density at radius 3 is 2.00 bits per heavy atom. The molecule has 12 heavy (non-hydrogen) atoms. The van der Waals surface area contributed by atoms with Crippen LogP contribution >= 0.6 is 0 Å². The van der Waals surface area contributed by atoms with Crippen LogP contribution in [-0.2, 0) is 4.79 Å². The molecule has 0 bridgehead atoms. The van der Waals surface area contributed by atoms with E-state index in [0.29, 0.717) is 11.7 Å². The Hall–Kier alpha value is -0.370. The number of carbonyl (C=O) groups excluding carboxylic acids is 1. The van der Waals surface area contributed by atoms with Crippen LogP contribution in [0, 0.1) is 17.8 Å². The average Bonchev–Trinajstić information content (AvgIpc) is 1.98. The molecule has 0 radical (unpaired) electrons. The van der Waals surface area contributed by atoms with Gasteiger partial charge in [0.2, 0.25) is 0 Å². The third-order valence-corrected chi connectivity index (χ3v) is 2.16. The van der Waals surface area contributed by atoms with Gasteiger partial charge in [-0.3, -0.25) is 4.79 Å². The van der Waals surface area contributed by atoms with Crippen molar-refractivity contribution in [1.82, 2.24) is 5.32 Å². The van der Waals surface area contributed by atoms with Crippen LogP contribution in [0.2, 0.25) is 0 Å². The fraction of sp³-hybridized carbons (Fsp3) is 0.900. The van der Waals surface area contributed by atoms with Crippen molar-refractivity contribution in [3.05, 3.63) is 0 Å². The van der Waals surface area contributed by atoms with Gasteiger partial charge < -0.3 is 5.32 Å². The second kappa shape index (κ2) is 5.31. The van der Waals surface area contributed by atoms with Gasteiger partial charge in [-0.25, -0.2) is 0 Å². The van der Waals surface area contributed by atoms with Crippen LogP contribution in [0.15, 0.2) is 0 Å². The first-order valence-corrected chi connectivity index (χ1v) is 4.69. The van der Waals surface area contributed by atoms with Crippen molar-refractivity contribution in [3.8, 4) is 0 Å². The molecule has 2 nitrogen and oxygen atoms in total. The fourth-order valence-electron chi connectivity index (χ4n) is 1.31. The van der Waals surface area contributed by atoms with E-state index >= 15 is 0 Å². The molecular formula is C10H21NO. The van der Waals surface area contributed by atoms with Crippen molar-refractivity contribution in [2.45, 2.75) is 27.7 Å². The minimum atomic E-state index is 0.158. The molecular weight excluding hydrogens is 150 g/mol. The Morgan fingerprint density at radius 1 is 1.25 bits per heavy atom. The maximum Gasteiger partial charge on any atom is 0.140 e. The van der Waals surface area contributed by atoms with Crippen LogP contribution < -0.4 is 5.32 Å². The number of ketones is 1. The molecule has 0 amide bonds. The molecule has 1 unspecified atom stereocenters. The standard InChI is InChI=1S/C10H21NO/c1-7(2)9(6-11-5)10(12)8(3)4/h7-9,11H,6H2,1-5H3. The van der Waals surface area contributed by atoms with Gasteiger partial charge >= 0.3 is 0 Å². The smallest absolute Gasteiger partial charge is 0.140 e. The maximum absolute atomic E-state index is 11.6. The van der Waals surface area contributed by atoms with Crippen LogP contribution in [0.3, 0.4) is 0 Å². The summed E-state index contributed by atoms with van der Waals surface area (Å²) in [7, 11) is 1.89. The van der Waals surface area contributed by atoms with Gasteiger partial charge in [-0.2, -0.15) is 0 Å². The summed E-state index contributed by atoms with van der Waals surface area (Å²) >= 11 is 0. The SMILES string of the molecule is CNCC(C(=O)C(C)C)C(C)C. The highest BCUT2D eigenvalue weighted by Crippen LogP contribution is 2.15. The lowest BCUT2D eigenvalue weighted by molar-refractivity contribution is -0.126. The molecule has 0 rings (SSSR count). The van der Waals surface area contributed by atoms with Crippen LogP contribution in [0.5, 0.6) is 0 Å². The normalized spacial score (nSPS) is 13.9. The number of hydrogen-bond acceptors (Lipinski definition) is 2. The first-order valence-electron chi connectivity index (χ1n) is 4.69.